The van der Waals surface area contributed by atoms with Gasteiger partial charge in [0.15, 0.2) is 0 Å². The van der Waals surface area contributed by atoms with Crippen molar-refractivity contribution in [2.75, 3.05) is 67.8 Å². The molecule has 2 aliphatic heterocycles. The molecule has 5 rings (SSSR count). The number of benzene rings is 1. The van der Waals surface area contributed by atoms with E-state index < -0.39 is 5.97 Å². The van der Waals surface area contributed by atoms with Gasteiger partial charge in [0.2, 0.25) is 17.8 Å². The topological polar surface area (TPSA) is 138 Å². The summed E-state index contributed by atoms with van der Waals surface area (Å²) in [5.74, 6) is 1.30. The number of carbonyl (C=O) groups is 1. The predicted molar refractivity (Wildman–Crippen MR) is 128 cm³/mol. The Kier molecular flexibility index (Phi) is 6.82. The highest BCUT2D eigenvalue weighted by atomic mass is 16.5. The van der Waals surface area contributed by atoms with Gasteiger partial charge in [-0.1, -0.05) is 18.2 Å². The average Bonchev–Trinajstić information content (AvgIpc) is 3.38. The summed E-state index contributed by atoms with van der Waals surface area (Å²) in [5.41, 5.74) is 3.53. The van der Waals surface area contributed by atoms with Gasteiger partial charge in [0, 0.05) is 31.7 Å². The molecule has 182 valence electrons. The molecule has 2 fully saturated rings. The molecule has 0 amide bonds. The predicted octanol–water partition coefficient (Wildman–Crippen LogP) is 1.95. The number of morpholine rings is 2. The Morgan fingerprint density at radius 1 is 0.914 bits per heavy atom. The normalized spacial score (nSPS) is 16.6. The van der Waals surface area contributed by atoms with Crippen molar-refractivity contribution < 1.29 is 23.8 Å². The largest absolute Gasteiger partial charge is 0.478 e. The Morgan fingerprint density at radius 3 is 2.17 bits per heavy atom. The lowest BCUT2D eigenvalue weighted by molar-refractivity contribution is 0.0697. The third-order valence-corrected chi connectivity index (χ3v) is 5.61. The molecule has 0 spiro atoms. The number of anilines is 3. The second-order valence-corrected chi connectivity index (χ2v) is 7.88. The molecular formula is C23H25N7O5. The van der Waals surface area contributed by atoms with Gasteiger partial charge in [0.05, 0.1) is 38.2 Å². The molecule has 4 heterocycles. The zero-order valence-corrected chi connectivity index (χ0v) is 19.0. The number of hydrazone groups is 1. The minimum absolute atomic E-state index is 0.167. The van der Waals surface area contributed by atoms with Gasteiger partial charge in [0.25, 0.3) is 0 Å². The lowest BCUT2D eigenvalue weighted by Gasteiger charge is -2.30. The molecule has 2 saturated heterocycles. The number of ether oxygens (including phenoxy) is 2. The van der Waals surface area contributed by atoms with Crippen molar-refractivity contribution in [2.24, 2.45) is 5.10 Å². The summed E-state index contributed by atoms with van der Waals surface area (Å²) in [4.78, 5) is 29.4. The van der Waals surface area contributed by atoms with Gasteiger partial charge in [-0.05, 0) is 18.2 Å². The summed E-state index contributed by atoms with van der Waals surface area (Å²) in [6.07, 6.45) is 1.49. The van der Waals surface area contributed by atoms with Gasteiger partial charge in [-0.2, -0.15) is 20.1 Å². The van der Waals surface area contributed by atoms with E-state index >= 15 is 0 Å². The minimum Gasteiger partial charge on any atom is -0.478 e. The van der Waals surface area contributed by atoms with Gasteiger partial charge < -0.3 is 28.8 Å². The van der Waals surface area contributed by atoms with Crippen LogP contribution in [0.2, 0.25) is 0 Å². The second kappa shape index (κ2) is 10.5. The molecule has 12 heteroatoms. The van der Waals surface area contributed by atoms with Gasteiger partial charge >= 0.3 is 5.97 Å². The highest BCUT2D eigenvalue weighted by molar-refractivity contribution is 5.95. The highest BCUT2D eigenvalue weighted by Crippen LogP contribution is 2.25. The van der Waals surface area contributed by atoms with E-state index in [9.17, 15) is 9.90 Å². The summed E-state index contributed by atoms with van der Waals surface area (Å²) >= 11 is 0. The van der Waals surface area contributed by atoms with Crippen LogP contribution in [0.5, 0.6) is 0 Å². The second-order valence-electron chi connectivity index (χ2n) is 7.88. The van der Waals surface area contributed by atoms with Crippen LogP contribution < -0.4 is 15.2 Å². The van der Waals surface area contributed by atoms with Crippen molar-refractivity contribution in [3.63, 3.8) is 0 Å². The van der Waals surface area contributed by atoms with Gasteiger partial charge in [-0.15, -0.1) is 0 Å². The van der Waals surface area contributed by atoms with E-state index in [1.807, 2.05) is 0 Å². The molecule has 0 unspecified atom stereocenters. The van der Waals surface area contributed by atoms with Crippen LogP contribution in [0.3, 0.4) is 0 Å². The maximum Gasteiger partial charge on any atom is 0.336 e. The Morgan fingerprint density at radius 2 is 1.54 bits per heavy atom. The molecule has 2 N–H and O–H groups in total. The van der Waals surface area contributed by atoms with Crippen LogP contribution in [-0.2, 0) is 9.47 Å². The molecule has 1 aromatic carbocycles. The van der Waals surface area contributed by atoms with Crippen molar-refractivity contribution in [3.8, 4) is 11.3 Å². The highest BCUT2D eigenvalue weighted by Gasteiger charge is 2.20. The van der Waals surface area contributed by atoms with E-state index in [4.69, 9.17) is 13.9 Å². The number of carboxylic acids is 1. The SMILES string of the molecule is O=C(O)c1ccccc1-c1ccc(/C=N/Nc2nc(N3CCOCC3)nc(N3CCOCC3)n2)o1. The first kappa shape index (κ1) is 22.7. The van der Waals surface area contributed by atoms with E-state index in [1.54, 1.807) is 30.3 Å². The van der Waals surface area contributed by atoms with Crippen LogP contribution in [0.25, 0.3) is 11.3 Å². The minimum atomic E-state index is -1.02. The number of rotatable bonds is 7. The van der Waals surface area contributed by atoms with Gasteiger partial charge in [-0.25, -0.2) is 10.2 Å². The van der Waals surface area contributed by atoms with Gasteiger partial charge in [-0.3, -0.25) is 0 Å². The molecule has 3 aromatic rings. The zero-order chi connectivity index (χ0) is 24.0. The first-order chi connectivity index (χ1) is 17.2. The van der Waals surface area contributed by atoms with Crippen LogP contribution >= 0.6 is 0 Å². The lowest BCUT2D eigenvalue weighted by Crippen LogP contribution is -2.40. The van der Waals surface area contributed by atoms with Crippen LogP contribution in [0, 0.1) is 0 Å². The molecule has 2 aliphatic rings. The summed E-state index contributed by atoms with van der Waals surface area (Å²) < 4.78 is 16.7. The smallest absolute Gasteiger partial charge is 0.336 e. The van der Waals surface area contributed by atoms with Gasteiger partial charge in [0.1, 0.15) is 11.5 Å². The molecule has 35 heavy (non-hydrogen) atoms. The first-order valence-electron chi connectivity index (χ1n) is 11.3. The quantitative estimate of drug-likeness (QED) is 0.380. The molecule has 0 aliphatic carbocycles. The van der Waals surface area contributed by atoms with E-state index in [0.29, 0.717) is 87.5 Å². The van der Waals surface area contributed by atoms with Crippen molar-refractivity contribution >= 4 is 30.0 Å². The first-order valence-corrected chi connectivity index (χ1v) is 11.3. The average molecular weight is 479 g/mol. The summed E-state index contributed by atoms with van der Waals surface area (Å²) in [6.45, 7) is 5.25. The monoisotopic (exact) mass is 479 g/mol. The Hall–Kier alpha value is -4.03. The maximum atomic E-state index is 11.5. The Labute approximate surface area is 201 Å². The number of hydrogen-bond donors (Lipinski definition) is 2. The van der Waals surface area contributed by atoms with Crippen molar-refractivity contribution in [1.29, 1.82) is 0 Å². The fourth-order valence-electron chi connectivity index (χ4n) is 3.82. The number of aromatic nitrogens is 3. The fraction of sp³-hybridized carbons (Fsp3) is 0.348. The van der Waals surface area contributed by atoms with E-state index in [2.05, 4.69) is 35.3 Å². The van der Waals surface area contributed by atoms with E-state index in [1.165, 1.54) is 12.3 Å². The number of nitrogens with zero attached hydrogens (tertiary/aromatic N) is 6. The number of aromatic carboxylic acids is 1. The molecule has 0 radical (unpaired) electrons. The number of furan rings is 1. The summed E-state index contributed by atoms with van der Waals surface area (Å²) in [5, 5.41) is 13.6. The molecule has 0 saturated carbocycles. The van der Waals surface area contributed by atoms with E-state index in [-0.39, 0.29) is 5.56 Å². The van der Waals surface area contributed by atoms with Crippen molar-refractivity contribution in [2.45, 2.75) is 0 Å². The molecular weight excluding hydrogens is 454 g/mol. The molecule has 0 bridgehead atoms. The summed E-state index contributed by atoms with van der Waals surface area (Å²) in [6, 6.07) is 10.1. The molecule has 12 nitrogen and oxygen atoms in total. The standard InChI is InChI=1S/C23H25N7O5/c31-20(32)18-4-2-1-3-17(18)19-6-5-16(35-19)15-24-28-21-25-22(29-7-11-33-12-8-29)27-23(26-21)30-9-13-34-14-10-30/h1-6,15H,7-14H2,(H,31,32)(H,25,26,27,28)/b24-15+. The zero-order valence-electron chi connectivity index (χ0n) is 19.0. The molecule has 2 aromatic heterocycles. The lowest BCUT2D eigenvalue weighted by atomic mass is 10.1. The van der Waals surface area contributed by atoms with Crippen LogP contribution in [-0.4, -0.2) is 84.8 Å². The summed E-state index contributed by atoms with van der Waals surface area (Å²) in [7, 11) is 0. The van der Waals surface area contributed by atoms with Crippen molar-refractivity contribution in [3.05, 3.63) is 47.7 Å². The maximum absolute atomic E-state index is 11.5. The van der Waals surface area contributed by atoms with Crippen molar-refractivity contribution in [1.82, 2.24) is 15.0 Å². The van der Waals surface area contributed by atoms with E-state index in [0.717, 1.165) is 0 Å². The molecule has 0 atom stereocenters. The Balaban J connectivity index is 1.34. The Bertz CT molecular complexity index is 1170. The van der Waals surface area contributed by atoms with Crippen LogP contribution in [0.15, 0.2) is 45.9 Å². The third-order valence-electron chi connectivity index (χ3n) is 5.61. The van der Waals surface area contributed by atoms with Crippen LogP contribution in [0.4, 0.5) is 17.8 Å². The number of hydrogen-bond acceptors (Lipinski definition) is 11. The number of nitrogens with one attached hydrogen (secondary N) is 1. The fourth-order valence-corrected chi connectivity index (χ4v) is 3.82. The van der Waals surface area contributed by atoms with Crippen LogP contribution in [0.1, 0.15) is 16.1 Å². The number of carboxylic acid groups (broad SMARTS) is 1. The third kappa shape index (κ3) is 5.39.